The van der Waals surface area contributed by atoms with Gasteiger partial charge in [0, 0.05) is 5.56 Å². The third-order valence-corrected chi connectivity index (χ3v) is 3.28. The predicted octanol–water partition coefficient (Wildman–Crippen LogP) is 1.98. The van der Waals surface area contributed by atoms with Crippen molar-refractivity contribution in [2.24, 2.45) is 5.92 Å². The molecule has 1 aliphatic carbocycles. The standard InChI is InChI=1S/C14H13N3O/c1-14(9-16,12-6-7-12)17-13(18)11-4-2-10(8-15)3-5-11/h2-5,12H,6-7H2,1H3,(H,17,18)/t14-/m1/s1. The molecule has 1 aromatic carbocycles. The zero-order chi connectivity index (χ0) is 13.2. The summed E-state index contributed by atoms with van der Waals surface area (Å²) >= 11 is 0. The number of hydrogen-bond acceptors (Lipinski definition) is 3. The summed E-state index contributed by atoms with van der Waals surface area (Å²) in [4.78, 5) is 12.0. The van der Waals surface area contributed by atoms with Crippen molar-refractivity contribution in [3.8, 4) is 12.1 Å². The molecular formula is C14H13N3O. The second-order valence-corrected chi connectivity index (χ2v) is 4.73. The molecule has 1 saturated carbocycles. The molecule has 4 nitrogen and oxygen atoms in total. The molecule has 4 heteroatoms. The van der Waals surface area contributed by atoms with E-state index in [-0.39, 0.29) is 11.8 Å². The molecule has 0 unspecified atom stereocenters. The molecule has 0 spiro atoms. The highest BCUT2D eigenvalue weighted by atomic mass is 16.1. The molecule has 0 heterocycles. The van der Waals surface area contributed by atoms with Gasteiger partial charge in [0.15, 0.2) is 0 Å². The molecule has 1 amide bonds. The summed E-state index contributed by atoms with van der Waals surface area (Å²) in [7, 11) is 0. The lowest BCUT2D eigenvalue weighted by molar-refractivity contribution is 0.0917. The van der Waals surface area contributed by atoms with Gasteiger partial charge in [-0.15, -0.1) is 0 Å². The smallest absolute Gasteiger partial charge is 0.252 e. The fourth-order valence-corrected chi connectivity index (χ4v) is 1.89. The van der Waals surface area contributed by atoms with Gasteiger partial charge >= 0.3 is 0 Å². The van der Waals surface area contributed by atoms with E-state index >= 15 is 0 Å². The summed E-state index contributed by atoms with van der Waals surface area (Å²) in [5.74, 6) is -0.0136. The van der Waals surface area contributed by atoms with Crippen molar-refractivity contribution in [1.29, 1.82) is 10.5 Å². The maximum atomic E-state index is 12.0. The minimum Gasteiger partial charge on any atom is -0.334 e. The Labute approximate surface area is 106 Å². The SMILES string of the molecule is C[C@](C#N)(NC(=O)c1ccc(C#N)cc1)C1CC1. The monoisotopic (exact) mass is 239 g/mol. The molecule has 2 rings (SSSR count). The van der Waals surface area contributed by atoms with Crippen LogP contribution in [0.3, 0.4) is 0 Å². The van der Waals surface area contributed by atoms with Gasteiger partial charge in [-0.25, -0.2) is 0 Å². The van der Waals surface area contributed by atoms with E-state index in [1.54, 1.807) is 31.2 Å². The van der Waals surface area contributed by atoms with E-state index in [0.29, 0.717) is 11.1 Å². The Morgan fingerprint density at radius 2 is 1.94 bits per heavy atom. The predicted molar refractivity (Wildman–Crippen MR) is 65.4 cm³/mol. The zero-order valence-electron chi connectivity index (χ0n) is 10.1. The summed E-state index contributed by atoms with van der Waals surface area (Å²) < 4.78 is 0. The van der Waals surface area contributed by atoms with E-state index in [1.807, 2.05) is 6.07 Å². The lowest BCUT2D eigenvalue weighted by atomic mass is 9.97. The van der Waals surface area contributed by atoms with Crippen LogP contribution in [0.5, 0.6) is 0 Å². The number of amides is 1. The van der Waals surface area contributed by atoms with Crippen molar-refractivity contribution in [3.63, 3.8) is 0 Å². The number of carbonyl (C=O) groups is 1. The van der Waals surface area contributed by atoms with Crippen LogP contribution in [-0.4, -0.2) is 11.4 Å². The molecule has 0 bridgehead atoms. The second-order valence-electron chi connectivity index (χ2n) is 4.73. The molecular weight excluding hydrogens is 226 g/mol. The first kappa shape index (κ1) is 12.1. The summed E-state index contributed by atoms with van der Waals surface area (Å²) in [6, 6.07) is 10.6. The zero-order valence-corrected chi connectivity index (χ0v) is 10.1. The number of benzene rings is 1. The topological polar surface area (TPSA) is 76.7 Å². The fourth-order valence-electron chi connectivity index (χ4n) is 1.89. The highest BCUT2D eigenvalue weighted by Gasteiger charge is 2.43. The molecule has 1 atom stereocenters. The molecule has 0 aliphatic heterocycles. The first-order chi connectivity index (χ1) is 8.59. The van der Waals surface area contributed by atoms with Crippen molar-refractivity contribution in [3.05, 3.63) is 35.4 Å². The molecule has 0 radical (unpaired) electrons. The number of nitriles is 2. The van der Waals surface area contributed by atoms with Gasteiger partial charge < -0.3 is 5.32 Å². The van der Waals surface area contributed by atoms with E-state index in [0.717, 1.165) is 12.8 Å². The summed E-state index contributed by atoms with van der Waals surface area (Å²) in [5, 5.41) is 20.6. The highest BCUT2D eigenvalue weighted by Crippen LogP contribution is 2.39. The first-order valence-corrected chi connectivity index (χ1v) is 5.83. The number of nitrogens with one attached hydrogen (secondary N) is 1. The molecule has 1 N–H and O–H groups in total. The molecule has 18 heavy (non-hydrogen) atoms. The van der Waals surface area contributed by atoms with E-state index in [4.69, 9.17) is 10.5 Å². The third kappa shape index (κ3) is 2.33. The summed E-state index contributed by atoms with van der Waals surface area (Å²) in [6.07, 6.45) is 1.97. The van der Waals surface area contributed by atoms with Crippen LogP contribution in [0.1, 0.15) is 35.7 Å². The van der Waals surface area contributed by atoms with Gasteiger partial charge in [-0.05, 0) is 49.9 Å². The van der Waals surface area contributed by atoms with Gasteiger partial charge in [0.05, 0.1) is 17.7 Å². The molecule has 90 valence electrons. The van der Waals surface area contributed by atoms with E-state index < -0.39 is 5.54 Å². The minimum absolute atomic E-state index is 0.254. The van der Waals surface area contributed by atoms with Crippen molar-refractivity contribution >= 4 is 5.91 Å². The quantitative estimate of drug-likeness (QED) is 0.876. The third-order valence-electron chi connectivity index (χ3n) is 3.28. The number of hydrogen-bond donors (Lipinski definition) is 1. The van der Waals surface area contributed by atoms with Crippen molar-refractivity contribution in [1.82, 2.24) is 5.32 Å². The van der Waals surface area contributed by atoms with Crippen molar-refractivity contribution in [2.45, 2.75) is 25.3 Å². The molecule has 0 aromatic heterocycles. The Hall–Kier alpha value is -2.33. The Morgan fingerprint density at radius 3 is 2.39 bits per heavy atom. The van der Waals surface area contributed by atoms with Crippen LogP contribution in [0.4, 0.5) is 0 Å². The van der Waals surface area contributed by atoms with Crippen LogP contribution in [0.15, 0.2) is 24.3 Å². The van der Waals surface area contributed by atoms with Crippen LogP contribution >= 0.6 is 0 Å². The van der Waals surface area contributed by atoms with Crippen LogP contribution in [0, 0.1) is 28.6 Å². The van der Waals surface area contributed by atoms with Crippen molar-refractivity contribution < 1.29 is 4.79 Å². The average Bonchev–Trinajstić information content (AvgIpc) is 3.23. The van der Waals surface area contributed by atoms with Gasteiger partial charge in [0.2, 0.25) is 0 Å². The van der Waals surface area contributed by atoms with E-state index in [9.17, 15) is 4.79 Å². The maximum Gasteiger partial charge on any atom is 0.252 e. The summed E-state index contributed by atoms with van der Waals surface area (Å²) in [5.41, 5.74) is 0.193. The van der Waals surface area contributed by atoms with Gasteiger partial charge in [-0.2, -0.15) is 10.5 Å². The largest absolute Gasteiger partial charge is 0.334 e. The molecule has 1 aliphatic rings. The van der Waals surface area contributed by atoms with Gasteiger partial charge in [0.1, 0.15) is 5.54 Å². The lowest BCUT2D eigenvalue weighted by Gasteiger charge is -2.22. The fraction of sp³-hybridized carbons (Fsp3) is 0.357. The highest BCUT2D eigenvalue weighted by molar-refractivity contribution is 5.95. The van der Waals surface area contributed by atoms with Gasteiger partial charge in [-0.1, -0.05) is 0 Å². The Bertz CT molecular complexity index is 546. The normalized spacial score (nSPS) is 17.1. The Kier molecular flexibility index (Phi) is 3.04. The van der Waals surface area contributed by atoms with Crippen molar-refractivity contribution in [2.75, 3.05) is 0 Å². The van der Waals surface area contributed by atoms with Crippen LogP contribution in [0.25, 0.3) is 0 Å². The van der Waals surface area contributed by atoms with Crippen LogP contribution in [-0.2, 0) is 0 Å². The second kappa shape index (κ2) is 4.50. The number of nitrogens with zero attached hydrogens (tertiary/aromatic N) is 2. The molecule has 1 aromatic rings. The Morgan fingerprint density at radius 1 is 1.33 bits per heavy atom. The minimum atomic E-state index is -0.787. The van der Waals surface area contributed by atoms with E-state index in [2.05, 4.69) is 11.4 Å². The van der Waals surface area contributed by atoms with E-state index in [1.165, 1.54) is 0 Å². The van der Waals surface area contributed by atoms with Crippen LogP contribution in [0.2, 0.25) is 0 Å². The van der Waals surface area contributed by atoms with Crippen LogP contribution < -0.4 is 5.32 Å². The van der Waals surface area contributed by atoms with Gasteiger partial charge in [-0.3, -0.25) is 4.79 Å². The number of rotatable bonds is 3. The Balaban J connectivity index is 2.12. The first-order valence-electron chi connectivity index (χ1n) is 5.83. The molecule has 0 saturated heterocycles. The molecule has 1 fully saturated rings. The average molecular weight is 239 g/mol. The van der Waals surface area contributed by atoms with Gasteiger partial charge in [0.25, 0.3) is 5.91 Å². The summed E-state index contributed by atoms with van der Waals surface area (Å²) in [6.45, 7) is 1.76. The lowest BCUT2D eigenvalue weighted by Crippen LogP contribution is -2.46. The maximum absolute atomic E-state index is 12.0. The number of carbonyl (C=O) groups excluding carboxylic acids is 1.